The predicted molar refractivity (Wildman–Crippen MR) is 197 cm³/mol. The molecule has 3 atom stereocenters. The molecule has 5 fully saturated rings. The number of hydrogen-bond acceptors (Lipinski definition) is 10. The molecule has 5 aliphatic rings. The van der Waals surface area contributed by atoms with Crippen molar-refractivity contribution in [1.29, 1.82) is 10.5 Å². The number of amides is 1. The summed E-state index contributed by atoms with van der Waals surface area (Å²) >= 11 is 7.88. The van der Waals surface area contributed by atoms with Crippen LogP contribution < -0.4 is 20.7 Å². The van der Waals surface area contributed by atoms with Gasteiger partial charge in [0.2, 0.25) is 11.8 Å². The number of fused-ring (bicyclic) bond motifs is 3. The summed E-state index contributed by atoms with van der Waals surface area (Å²) in [6.07, 6.45) is 3.55. The fraction of sp³-hybridized carbons (Fsp3) is 0.474. The van der Waals surface area contributed by atoms with Gasteiger partial charge in [0, 0.05) is 67.4 Å². The second-order valence-electron chi connectivity index (χ2n) is 15.3. The van der Waals surface area contributed by atoms with Crippen molar-refractivity contribution in [2.24, 2.45) is 5.41 Å². The van der Waals surface area contributed by atoms with Crippen molar-refractivity contribution in [3.63, 3.8) is 0 Å². The largest absolute Gasteiger partial charge is 0.475 e. The number of nitrogens with one attached hydrogen (secondary N) is 1. The Kier molecular flexibility index (Phi) is 8.20. The third kappa shape index (κ3) is 5.48. The average molecular weight is 761 g/mol. The van der Waals surface area contributed by atoms with Crippen LogP contribution in [0.3, 0.4) is 0 Å². The molecule has 9 rings (SSSR count). The number of likely N-dealkylation sites (tertiary alicyclic amines) is 1. The van der Waals surface area contributed by atoms with Crippen molar-refractivity contribution >= 4 is 60.5 Å². The Morgan fingerprint density at radius 1 is 1.13 bits per heavy atom. The molecule has 10 nitrogen and oxygen atoms in total. The molecule has 0 bridgehead atoms. The minimum atomic E-state index is -0.994. The molecule has 0 unspecified atom stereocenters. The number of nitrogen functional groups attached to an aromatic ring is 1. The van der Waals surface area contributed by atoms with E-state index < -0.39 is 23.3 Å². The number of thiophene rings is 1. The number of pyridine rings is 1. The maximum absolute atomic E-state index is 17.4. The number of benzene rings is 2. The van der Waals surface area contributed by atoms with Crippen LogP contribution in [0.25, 0.3) is 32.1 Å². The third-order valence-corrected chi connectivity index (χ3v) is 13.3. The van der Waals surface area contributed by atoms with Crippen LogP contribution in [0.15, 0.2) is 18.2 Å². The van der Waals surface area contributed by atoms with E-state index in [1.807, 2.05) is 11.0 Å². The highest BCUT2D eigenvalue weighted by Crippen LogP contribution is 2.49. The van der Waals surface area contributed by atoms with Crippen molar-refractivity contribution in [3.05, 3.63) is 46.0 Å². The molecular weight excluding hydrogens is 725 g/mol. The van der Waals surface area contributed by atoms with E-state index in [4.69, 9.17) is 22.1 Å². The molecule has 2 aromatic carbocycles. The maximum Gasteiger partial charge on any atom is 0.241 e. The van der Waals surface area contributed by atoms with E-state index in [0.29, 0.717) is 56.8 Å². The summed E-state index contributed by atoms with van der Waals surface area (Å²) in [5.74, 6) is -1.38. The van der Waals surface area contributed by atoms with Gasteiger partial charge in [-0.3, -0.25) is 9.69 Å². The molecule has 5 aliphatic heterocycles. The van der Waals surface area contributed by atoms with Crippen LogP contribution in [-0.4, -0.2) is 90.9 Å². The monoisotopic (exact) mass is 760 g/mol. The van der Waals surface area contributed by atoms with Gasteiger partial charge >= 0.3 is 0 Å². The second-order valence-corrected chi connectivity index (χ2v) is 16.8. The Balaban J connectivity index is 1.20. The van der Waals surface area contributed by atoms with Gasteiger partial charge in [0.25, 0.3) is 0 Å². The molecular formula is C38H36ClF3N8O2S. The number of ether oxygens (including phenoxy) is 1. The minimum absolute atomic E-state index is 0.0144. The standard InChI is InChI=1S/C38H36ClF3N8O2S/c39-25-10-22-31(30(42)29(25)21-4-5-26(41)33-28(21)23(12-43)34(45)53-33)47-35(52-19-38-7-3-9-50(38)15-20(40)11-38)24(13-44)32(22)48-8-2-1-6-37(16-48)17-49(18-37)36(51)27-14-46-27/h4-5,10,20,27,46H,1-3,6-9,11,14-19,45H2/t20-,27+,38+/m1/s1. The van der Waals surface area contributed by atoms with Crippen molar-refractivity contribution in [3.8, 4) is 29.1 Å². The molecule has 2 aromatic heterocycles. The van der Waals surface area contributed by atoms with E-state index in [9.17, 15) is 19.7 Å². The molecule has 274 valence electrons. The predicted octanol–water partition coefficient (Wildman–Crippen LogP) is 6.12. The maximum atomic E-state index is 17.4. The number of carbonyl (C=O) groups excluding carboxylic acids is 1. The number of nitriles is 2. The first-order valence-corrected chi connectivity index (χ1v) is 19.2. The Hall–Kier alpha value is -4.34. The number of halogens is 4. The Morgan fingerprint density at radius 2 is 1.92 bits per heavy atom. The smallest absolute Gasteiger partial charge is 0.241 e. The van der Waals surface area contributed by atoms with Gasteiger partial charge in [-0.25, -0.2) is 18.2 Å². The summed E-state index contributed by atoms with van der Waals surface area (Å²) < 4.78 is 53.7. The molecule has 1 amide bonds. The zero-order valence-electron chi connectivity index (χ0n) is 28.8. The summed E-state index contributed by atoms with van der Waals surface area (Å²) in [4.78, 5) is 23.6. The number of rotatable bonds is 6. The second kappa shape index (κ2) is 12.6. The number of hydrogen-bond donors (Lipinski definition) is 2. The first-order chi connectivity index (χ1) is 25.5. The van der Waals surface area contributed by atoms with Gasteiger partial charge in [-0.05, 0) is 49.9 Å². The third-order valence-electron chi connectivity index (χ3n) is 12.0. The number of alkyl halides is 1. The molecule has 53 heavy (non-hydrogen) atoms. The molecule has 0 radical (unpaired) electrons. The zero-order valence-corrected chi connectivity index (χ0v) is 30.4. The van der Waals surface area contributed by atoms with E-state index >= 15 is 8.78 Å². The number of aromatic nitrogens is 1. The number of nitrogens with two attached hydrogens (primary N) is 1. The van der Waals surface area contributed by atoms with Crippen LogP contribution in [-0.2, 0) is 4.79 Å². The quantitative estimate of drug-likeness (QED) is 0.222. The van der Waals surface area contributed by atoms with Gasteiger partial charge in [0.05, 0.1) is 32.6 Å². The lowest BCUT2D eigenvalue weighted by molar-refractivity contribution is -0.142. The summed E-state index contributed by atoms with van der Waals surface area (Å²) in [5, 5.41) is 24.4. The lowest BCUT2D eigenvalue weighted by Gasteiger charge is -2.51. The lowest BCUT2D eigenvalue weighted by Crippen LogP contribution is -2.63. The van der Waals surface area contributed by atoms with E-state index in [1.54, 1.807) is 6.07 Å². The van der Waals surface area contributed by atoms with Gasteiger partial charge in [-0.1, -0.05) is 24.1 Å². The van der Waals surface area contributed by atoms with E-state index in [1.165, 1.54) is 12.1 Å². The van der Waals surface area contributed by atoms with Gasteiger partial charge < -0.3 is 25.6 Å². The first kappa shape index (κ1) is 34.4. The summed E-state index contributed by atoms with van der Waals surface area (Å²) in [5.41, 5.74) is 5.92. The number of anilines is 2. The zero-order chi connectivity index (χ0) is 36.8. The minimum Gasteiger partial charge on any atom is -0.475 e. The van der Waals surface area contributed by atoms with Gasteiger partial charge in [0.15, 0.2) is 5.82 Å². The topological polar surface area (TPSA) is 144 Å². The van der Waals surface area contributed by atoms with E-state index in [0.717, 1.165) is 50.0 Å². The Morgan fingerprint density at radius 3 is 2.68 bits per heavy atom. The molecule has 5 saturated heterocycles. The van der Waals surface area contributed by atoms with Crippen molar-refractivity contribution in [2.75, 3.05) is 63.1 Å². The molecule has 15 heteroatoms. The first-order valence-electron chi connectivity index (χ1n) is 18.0. The van der Waals surface area contributed by atoms with Crippen LogP contribution in [0, 0.1) is 39.7 Å². The molecule has 4 aromatic rings. The van der Waals surface area contributed by atoms with Crippen LogP contribution in [0.5, 0.6) is 5.88 Å². The van der Waals surface area contributed by atoms with Crippen molar-refractivity contribution in [2.45, 2.75) is 56.3 Å². The van der Waals surface area contributed by atoms with E-state index in [-0.39, 0.29) is 77.7 Å². The highest BCUT2D eigenvalue weighted by molar-refractivity contribution is 7.23. The van der Waals surface area contributed by atoms with Crippen LogP contribution in [0.4, 0.5) is 23.9 Å². The van der Waals surface area contributed by atoms with E-state index in [2.05, 4.69) is 26.2 Å². The molecule has 0 aliphatic carbocycles. The summed E-state index contributed by atoms with van der Waals surface area (Å²) in [7, 11) is 0. The van der Waals surface area contributed by atoms with Gasteiger partial charge in [-0.15, -0.1) is 11.3 Å². The fourth-order valence-electron chi connectivity index (χ4n) is 9.42. The van der Waals surface area contributed by atoms with Crippen molar-refractivity contribution in [1.82, 2.24) is 20.1 Å². The summed E-state index contributed by atoms with van der Waals surface area (Å²) in [6.45, 7) is 4.08. The summed E-state index contributed by atoms with van der Waals surface area (Å²) in [6, 6.07) is 8.37. The Bertz CT molecular complexity index is 2300. The average Bonchev–Trinajstić information content (AvgIpc) is 3.78. The molecule has 7 heterocycles. The molecule has 1 spiro atoms. The molecule has 3 N–H and O–H groups in total. The number of nitrogens with zero attached hydrogens (tertiary/aromatic N) is 6. The highest BCUT2D eigenvalue weighted by Gasteiger charge is 2.51. The van der Waals surface area contributed by atoms with Crippen LogP contribution in [0.1, 0.15) is 49.7 Å². The van der Waals surface area contributed by atoms with Crippen LogP contribution >= 0.6 is 22.9 Å². The van der Waals surface area contributed by atoms with Crippen LogP contribution in [0.2, 0.25) is 5.02 Å². The van der Waals surface area contributed by atoms with Crippen molar-refractivity contribution < 1.29 is 22.7 Å². The normalized spacial score (nSPS) is 24.9. The number of carbonyl (C=O) groups is 1. The SMILES string of the molecule is N#Cc1c(OC[C@@]23CCCN2C[C@H](F)C3)nc2c(F)c(-c3ccc(F)c4sc(N)c(C#N)c34)c(Cl)cc2c1N1CCCCC2(CN(C(=O)[C@@H]3CN3)C2)C1. The fourth-order valence-corrected chi connectivity index (χ4v) is 10.7. The Labute approximate surface area is 312 Å². The van der Waals surface area contributed by atoms with Gasteiger partial charge in [-0.2, -0.15) is 10.5 Å². The van der Waals surface area contributed by atoms with Gasteiger partial charge in [0.1, 0.15) is 46.8 Å². The molecule has 0 saturated carbocycles. The highest BCUT2D eigenvalue weighted by atomic mass is 35.5. The lowest BCUT2D eigenvalue weighted by atomic mass is 9.75.